The van der Waals surface area contributed by atoms with Crippen LogP contribution in [0, 0.1) is 0 Å². The van der Waals surface area contributed by atoms with Crippen molar-refractivity contribution in [3.63, 3.8) is 0 Å². The third-order valence-corrected chi connectivity index (χ3v) is 2.51. The quantitative estimate of drug-likeness (QED) is 0.637. The van der Waals surface area contributed by atoms with Crippen molar-refractivity contribution in [3.8, 4) is 0 Å². The Morgan fingerprint density at radius 2 is 2.38 bits per heavy atom. The molecule has 1 rings (SSSR count). The molecule has 0 aliphatic carbocycles. The topological polar surface area (TPSA) is 60.8 Å². The maximum Gasteiger partial charge on any atom is 0.225 e. The number of rotatable bonds is 4. The maximum absolute atomic E-state index is 11.3. The number of carbonyl (C=O) groups excluding carboxylic acids is 1. The smallest absolute Gasteiger partial charge is 0.225 e. The Hall–Kier alpha value is -0.610. The number of aliphatic hydroxyl groups is 2. The van der Waals surface area contributed by atoms with E-state index < -0.39 is 6.10 Å². The normalized spacial score (nSPS) is 25.3. The zero-order chi connectivity index (χ0) is 9.84. The predicted octanol–water partition coefficient (Wildman–Crippen LogP) is -0.259. The summed E-state index contributed by atoms with van der Waals surface area (Å²) in [4.78, 5) is 13.0. The van der Waals surface area contributed by atoms with Crippen LogP contribution in [-0.4, -0.2) is 46.3 Å². The first kappa shape index (κ1) is 10.5. The number of carbonyl (C=O) groups is 1. The number of nitrogens with zero attached hydrogens (tertiary/aromatic N) is 1. The van der Waals surface area contributed by atoms with Crippen LogP contribution in [0.5, 0.6) is 0 Å². The predicted molar refractivity (Wildman–Crippen MR) is 48.1 cm³/mol. The second kappa shape index (κ2) is 4.58. The van der Waals surface area contributed by atoms with E-state index in [-0.39, 0.29) is 25.0 Å². The largest absolute Gasteiger partial charge is 0.396 e. The van der Waals surface area contributed by atoms with Gasteiger partial charge in [-0.25, -0.2) is 0 Å². The van der Waals surface area contributed by atoms with Crippen LogP contribution in [0.2, 0.25) is 0 Å². The first-order valence-electron chi connectivity index (χ1n) is 4.77. The Bertz CT molecular complexity index is 184. The SMILES string of the molecule is CCC(CCO)N1CC(O)CC1=O. The molecule has 1 aliphatic rings. The van der Waals surface area contributed by atoms with E-state index in [4.69, 9.17) is 5.11 Å². The number of aliphatic hydroxyl groups excluding tert-OH is 2. The first-order valence-corrected chi connectivity index (χ1v) is 4.77. The molecule has 0 aromatic heterocycles. The van der Waals surface area contributed by atoms with Gasteiger partial charge in [0.1, 0.15) is 0 Å². The Morgan fingerprint density at radius 3 is 2.77 bits per heavy atom. The molecule has 76 valence electrons. The lowest BCUT2D eigenvalue weighted by molar-refractivity contribution is -0.130. The molecule has 0 saturated carbocycles. The van der Waals surface area contributed by atoms with Crippen LogP contribution in [-0.2, 0) is 4.79 Å². The van der Waals surface area contributed by atoms with Crippen LogP contribution < -0.4 is 0 Å². The maximum atomic E-state index is 11.3. The van der Waals surface area contributed by atoms with E-state index in [0.717, 1.165) is 6.42 Å². The summed E-state index contributed by atoms with van der Waals surface area (Å²) in [6, 6.07) is 0.0923. The number of β-amino-alcohol motifs (C(OH)–C–C–N with tert-alkyl or cyclic N) is 1. The summed E-state index contributed by atoms with van der Waals surface area (Å²) in [5.74, 6) is 0.00722. The van der Waals surface area contributed by atoms with Crippen LogP contribution in [0.4, 0.5) is 0 Å². The average Bonchev–Trinajstić information content (AvgIpc) is 2.41. The van der Waals surface area contributed by atoms with Gasteiger partial charge in [-0.1, -0.05) is 6.92 Å². The molecular weight excluding hydrogens is 170 g/mol. The number of hydrogen-bond donors (Lipinski definition) is 2. The molecule has 1 saturated heterocycles. The van der Waals surface area contributed by atoms with Crippen molar-refractivity contribution in [2.45, 2.75) is 38.3 Å². The van der Waals surface area contributed by atoms with E-state index in [9.17, 15) is 9.90 Å². The van der Waals surface area contributed by atoms with Gasteiger partial charge in [0, 0.05) is 19.2 Å². The van der Waals surface area contributed by atoms with E-state index in [0.29, 0.717) is 13.0 Å². The fraction of sp³-hybridized carbons (Fsp3) is 0.889. The molecule has 2 atom stereocenters. The molecule has 1 heterocycles. The van der Waals surface area contributed by atoms with Crippen LogP contribution >= 0.6 is 0 Å². The Balaban J connectivity index is 2.53. The van der Waals surface area contributed by atoms with Crippen molar-refractivity contribution >= 4 is 5.91 Å². The summed E-state index contributed by atoms with van der Waals surface area (Å²) >= 11 is 0. The van der Waals surface area contributed by atoms with Crippen LogP contribution in [0.25, 0.3) is 0 Å². The second-order valence-electron chi connectivity index (χ2n) is 3.48. The van der Waals surface area contributed by atoms with E-state index in [1.807, 2.05) is 6.92 Å². The molecule has 1 fully saturated rings. The van der Waals surface area contributed by atoms with Gasteiger partial charge in [-0.05, 0) is 12.8 Å². The number of likely N-dealkylation sites (tertiary alicyclic amines) is 1. The van der Waals surface area contributed by atoms with Crippen molar-refractivity contribution in [2.75, 3.05) is 13.2 Å². The molecule has 4 heteroatoms. The molecule has 0 aromatic carbocycles. The van der Waals surface area contributed by atoms with Gasteiger partial charge in [-0.15, -0.1) is 0 Å². The molecule has 0 bridgehead atoms. The van der Waals surface area contributed by atoms with Gasteiger partial charge < -0.3 is 15.1 Å². The van der Waals surface area contributed by atoms with Gasteiger partial charge in [0.15, 0.2) is 0 Å². The molecule has 2 N–H and O–H groups in total. The first-order chi connectivity index (χ1) is 6.19. The van der Waals surface area contributed by atoms with Gasteiger partial charge in [0.25, 0.3) is 0 Å². The van der Waals surface area contributed by atoms with Crippen molar-refractivity contribution in [1.29, 1.82) is 0 Å². The minimum Gasteiger partial charge on any atom is -0.396 e. The summed E-state index contributed by atoms with van der Waals surface area (Å²) in [6.07, 6.45) is 1.16. The summed E-state index contributed by atoms with van der Waals surface area (Å²) in [5, 5.41) is 18.0. The Labute approximate surface area is 78.2 Å². The molecule has 2 unspecified atom stereocenters. The second-order valence-corrected chi connectivity index (χ2v) is 3.48. The summed E-state index contributed by atoms with van der Waals surface area (Å²) in [6.45, 7) is 2.51. The highest BCUT2D eigenvalue weighted by Gasteiger charge is 2.31. The fourth-order valence-corrected chi connectivity index (χ4v) is 1.79. The standard InChI is InChI=1S/C9H17NO3/c1-2-7(3-4-11)10-6-8(12)5-9(10)13/h7-8,11-12H,2-6H2,1H3. The molecule has 0 spiro atoms. The minimum atomic E-state index is -0.514. The van der Waals surface area contributed by atoms with Crippen molar-refractivity contribution < 1.29 is 15.0 Å². The van der Waals surface area contributed by atoms with Crippen LogP contribution in [0.3, 0.4) is 0 Å². The molecule has 13 heavy (non-hydrogen) atoms. The fourth-order valence-electron chi connectivity index (χ4n) is 1.79. The van der Waals surface area contributed by atoms with Crippen molar-refractivity contribution in [3.05, 3.63) is 0 Å². The van der Waals surface area contributed by atoms with Gasteiger partial charge in [-0.2, -0.15) is 0 Å². The molecule has 0 radical (unpaired) electrons. The Morgan fingerprint density at radius 1 is 1.69 bits per heavy atom. The lowest BCUT2D eigenvalue weighted by Crippen LogP contribution is -2.37. The lowest BCUT2D eigenvalue weighted by Gasteiger charge is -2.26. The van der Waals surface area contributed by atoms with E-state index in [1.165, 1.54) is 0 Å². The molecular formula is C9H17NO3. The lowest BCUT2D eigenvalue weighted by atomic mass is 10.1. The molecule has 0 aromatic rings. The van der Waals surface area contributed by atoms with Crippen LogP contribution in [0.15, 0.2) is 0 Å². The van der Waals surface area contributed by atoms with E-state index in [1.54, 1.807) is 4.90 Å². The highest BCUT2D eigenvalue weighted by molar-refractivity contribution is 5.79. The monoisotopic (exact) mass is 187 g/mol. The zero-order valence-corrected chi connectivity index (χ0v) is 7.94. The van der Waals surface area contributed by atoms with E-state index in [2.05, 4.69) is 0 Å². The molecule has 1 amide bonds. The van der Waals surface area contributed by atoms with Crippen molar-refractivity contribution in [2.24, 2.45) is 0 Å². The highest BCUT2D eigenvalue weighted by Crippen LogP contribution is 2.18. The summed E-state index contributed by atoms with van der Waals surface area (Å²) < 4.78 is 0. The number of amides is 1. The highest BCUT2D eigenvalue weighted by atomic mass is 16.3. The van der Waals surface area contributed by atoms with Gasteiger partial charge in [0.05, 0.1) is 12.5 Å². The van der Waals surface area contributed by atoms with Gasteiger partial charge in [-0.3, -0.25) is 4.79 Å². The van der Waals surface area contributed by atoms with E-state index >= 15 is 0 Å². The molecule has 4 nitrogen and oxygen atoms in total. The third kappa shape index (κ3) is 2.42. The molecule has 1 aliphatic heterocycles. The summed E-state index contributed by atoms with van der Waals surface area (Å²) in [5.41, 5.74) is 0. The third-order valence-electron chi connectivity index (χ3n) is 2.51. The average molecular weight is 187 g/mol. The summed E-state index contributed by atoms with van der Waals surface area (Å²) in [7, 11) is 0. The van der Waals surface area contributed by atoms with Gasteiger partial charge >= 0.3 is 0 Å². The van der Waals surface area contributed by atoms with Gasteiger partial charge in [0.2, 0.25) is 5.91 Å². The Kier molecular flexibility index (Phi) is 3.69. The van der Waals surface area contributed by atoms with Crippen LogP contribution in [0.1, 0.15) is 26.2 Å². The van der Waals surface area contributed by atoms with Crippen molar-refractivity contribution in [1.82, 2.24) is 4.90 Å². The number of hydrogen-bond acceptors (Lipinski definition) is 3. The minimum absolute atomic E-state index is 0.00722. The zero-order valence-electron chi connectivity index (χ0n) is 7.94.